The standard InChI is InChI=1S/C12H10N4O2.2C2H6/c1-8-2-3-10-9(6-8)14-11(18-10)15-12(17)16-5-4-13-7-16;2*1-2/h2-7H,1H3,(H,14,15,17);2*1-2H3. The number of imidazole rings is 1. The molecule has 3 aromatic rings. The Morgan fingerprint density at radius 3 is 2.59 bits per heavy atom. The van der Waals surface area contributed by atoms with Crippen molar-refractivity contribution in [1.82, 2.24) is 14.5 Å². The number of hydrogen-bond acceptors (Lipinski definition) is 4. The van der Waals surface area contributed by atoms with Gasteiger partial charge in [-0.15, -0.1) is 0 Å². The van der Waals surface area contributed by atoms with Gasteiger partial charge in [-0.3, -0.25) is 9.88 Å². The predicted molar refractivity (Wildman–Crippen MR) is 88.1 cm³/mol. The molecule has 3 rings (SSSR count). The molecule has 2 aromatic heterocycles. The second-order valence-electron chi connectivity index (χ2n) is 3.89. The Bertz CT molecular complexity index is 702. The fourth-order valence-corrected chi connectivity index (χ4v) is 1.63. The Morgan fingerprint density at radius 2 is 1.95 bits per heavy atom. The third kappa shape index (κ3) is 4.18. The van der Waals surface area contributed by atoms with Crippen LogP contribution in [0.5, 0.6) is 0 Å². The largest absolute Gasteiger partial charge is 0.423 e. The van der Waals surface area contributed by atoms with Crippen LogP contribution in [0.15, 0.2) is 41.3 Å². The van der Waals surface area contributed by atoms with Gasteiger partial charge in [-0.25, -0.2) is 9.78 Å². The number of nitrogens with one attached hydrogen (secondary N) is 1. The average molecular weight is 302 g/mol. The number of aromatic nitrogens is 3. The topological polar surface area (TPSA) is 73.0 Å². The zero-order chi connectivity index (χ0) is 16.5. The highest BCUT2D eigenvalue weighted by Crippen LogP contribution is 2.19. The van der Waals surface area contributed by atoms with Gasteiger partial charge in [-0.2, -0.15) is 4.98 Å². The van der Waals surface area contributed by atoms with Crippen molar-refractivity contribution in [3.63, 3.8) is 0 Å². The van der Waals surface area contributed by atoms with E-state index in [0.29, 0.717) is 5.58 Å². The van der Waals surface area contributed by atoms with Gasteiger partial charge in [0.25, 0.3) is 0 Å². The summed E-state index contributed by atoms with van der Waals surface area (Å²) in [6.07, 6.45) is 4.47. The molecule has 118 valence electrons. The summed E-state index contributed by atoms with van der Waals surface area (Å²) >= 11 is 0. The number of anilines is 1. The molecule has 0 aliphatic heterocycles. The molecule has 22 heavy (non-hydrogen) atoms. The normalized spacial score (nSPS) is 9.32. The molecule has 6 nitrogen and oxygen atoms in total. The lowest BCUT2D eigenvalue weighted by Crippen LogP contribution is -2.17. The number of nitrogens with zero attached hydrogens (tertiary/aromatic N) is 3. The Labute approximate surface area is 130 Å². The first-order valence-corrected chi connectivity index (χ1v) is 7.39. The molecule has 0 aliphatic carbocycles. The molecule has 0 atom stereocenters. The van der Waals surface area contributed by atoms with Gasteiger partial charge in [0.1, 0.15) is 11.8 Å². The summed E-state index contributed by atoms with van der Waals surface area (Å²) in [6.45, 7) is 9.97. The molecule has 1 aromatic carbocycles. The highest BCUT2D eigenvalue weighted by atomic mass is 16.4. The minimum Gasteiger partial charge on any atom is -0.423 e. The molecule has 0 radical (unpaired) electrons. The van der Waals surface area contributed by atoms with Gasteiger partial charge in [0, 0.05) is 12.4 Å². The molecule has 6 heteroatoms. The van der Waals surface area contributed by atoms with Gasteiger partial charge in [0.15, 0.2) is 5.58 Å². The average Bonchev–Trinajstić information content (AvgIpc) is 3.20. The lowest BCUT2D eigenvalue weighted by molar-refractivity contribution is 0.253. The molecule has 0 bridgehead atoms. The monoisotopic (exact) mass is 302 g/mol. The van der Waals surface area contributed by atoms with E-state index in [-0.39, 0.29) is 12.0 Å². The quantitative estimate of drug-likeness (QED) is 0.720. The van der Waals surface area contributed by atoms with Gasteiger partial charge < -0.3 is 4.42 Å². The minimum absolute atomic E-state index is 0.175. The number of oxazole rings is 1. The van der Waals surface area contributed by atoms with Crippen molar-refractivity contribution in [3.8, 4) is 0 Å². The fourth-order valence-electron chi connectivity index (χ4n) is 1.63. The molecule has 0 fully saturated rings. The third-order valence-corrected chi connectivity index (χ3v) is 2.50. The summed E-state index contributed by atoms with van der Waals surface area (Å²) in [6, 6.07) is 5.45. The Kier molecular flexibility index (Phi) is 6.82. The van der Waals surface area contributed by atoms with Crippen molar-refractivity contribution in [2.75, 3.05) is 5.32 Å². The van der Waals surface area contributed by atoms with E-state index < -0.39 is 0 Å². The lowest BCUT2D eigenvalue weighted by Gasteiger charge is -1.98. The molecule has 0 spiro atoms. The van der Waals surface area contributed by atoms with Gasteiger partial charge in [-0.1, -0.05) is 33.8 Å². The smallest absolute Gasteiger partial charge is 0.334 e. The number of amides is 1. The van der Waals surface area contributed by atoms with Crippen molar-refractivity contribution in [3.05, 3.63) is 42.5 Å². The molecule has 0 aliphatic rings. The van der Waals surface area contributed by atoms with Crippen LogP contribution in [0.2, 0.25) is 0 Å². The second-order valence-corrected chi connectivity index (χ2v) is 3.89. The van der Waals surface area contributed by atoms with Crippen LogP contribution in [0.1, 0.15) is 33.3 Å². The van der Waals surface area contributed by atoms with E-state index in [1.807, 2.05) is 52.8 Å². The van der Waals surface area contributed by atoms with E-state index >= 15 is 0 Å². The van der Waals surface area contributed by atoms with Gasteiger partial charge >= 0.3 is 12.0 Å². The van der Waals surface area contributed by atoms with Gasteiger partial charge in [0.05, 0.1) is 0 Å². The second kappa shape index (κ2) is 8.61. The molecular formula is C16H22N4O2. The molecule has 1 amide bonds. The Morgan fingerprint density at radius 1 is 1.23 bits per heavy atom. The van der Waals surface area contributed by atoms with Crippen LogP contribution >= 0.6 is 0 Å². The molecule has 0 unspecified atom stereocenters. The van der Waals surface area contributed by atoms with Crippen LogP contribution < -0.4 is 5.32 Å². The summed E-state index contributed by atoms with van der Waals surface area (Å²) in [4.78, 5) is 19.7. The van der Waals surface area contributed by atoms with Gasteiger partial charge in [0.2, 0.25) is 0 Å². The van der Waals surface area contributed by atoms with E-state index in [1.165, 1.54) is 17.1 Å². The highest BCUT2D eigenvalue weighted by molar-refractivity contribution is 5.90. The summed E-state index contributed by atoms with van der Waals surface area (Å²) in [5.41, 5.74) is 2.45. The lowest BCUT2D eigenvalue weighted by atomic mass is 10.2. The van der Waals surface area contributed by atoms with Crippen LogP contribution in [-0.2, 0) is 0 Å². The number of benzene rings is 1. The molecule has 1 N–H and O–H groups in total. The molecule has 0 saturated carbocycles. The third-order valence-electron chi connectivity index (χ3n) is 2.50. The predicted octanol–water partition coefficient (Wildman–Crippen LogP) is 4.47. The number of hydrogen-bond donors (Lipinski definition) is 1. The number of aryl methyl sites for hydroxylation is 1. The first-order chi connectivity index (χ1) is 10.7. The van der Waals surface area contributed by atoms with E-state index in [2.05, 4.69) is 15.3 Å². The summed E-state index contributed by atoms with van der Waals surface area (Å²) < 4.78 is 6.72. The van der Waals surface area contributed by atoms with Gasteiger partial charge in [-0.05, 0) is 24.6 Å². The van der Waals surface area contributed by atoms with Crippen molar-refractivity contribution in [1.29, 1.82) is 0 Å². The van der Waals surface area contributed by atoms with Crippen LogP contribution in [0.4, 0.5) is 10.8 Å². The van der Waals surface area contributed by atoms with E-state index in [4.69, 9.17) is 4.42 Å². The Balaban J connectivity index is 0.000000561. The van der Waals surface area contributed by atoms with E-state index in [9.17, 15) is 4.79 Å². The van der Waals surface area contributed by atoms with Crippen LogP contribution in [0.3, 0.4) is 0 Å². The summed E-state index contributed by atoms with van der Waals surface area (Å²) in [5, 5.41) is 2.56. The molecule has 0 saturated heterocycles. The van der Waals surface area contributed by atoms with Crippen molar-refractivity contribution in [2.24, 2.45) is 0 Å². The van der Waals surface area contributed by atoms with Crippen molar-refractivity contribution >= 4 is 23.1 Å². The maximum absolute atomic E-state index is 11.7. The summed E-state index contributed by atoms with van der Waals surface area (Å²) in [5.74, 6) is 0. The SMILES string of the molecule is CC.CC.Cc1ccc2oc(NC(=O)n3ccnc3)nc2c1. The zero-order valence-electron chi connectivity index (χ0n) is 13.6. The van der Waals surface area contributed by atoms with Crippen molar-refractivity contribution in [2.45, 2.75) is 34.6 Å². The van der Waals surface area contributed by atoms with Crippen LogP contribution in [-0.4, -0.2) is 20.6 Å². The molecule has 2 heterocycles. The minimum atomic E-state index is -0.365. The van der Waals surface area contributed by atoms with Crippen molar-refractivity contribution < 1.29 is 9.21 Å². The first-order valence-electron chi connectivity index (χ1n) is 7.39. The summed E-state index contributed by atoms with van der Waals surface area (Å²) in [7, 11) is 0. The number of fused-ring (bicyclic) bond motifs is 1. The van der Waals surface area contributed by atoms with E-state index in [0.717, 1.165) is 11.1 Å². The number of carbonyl (C=O) groups is 1. The first kappa shape index (κ1) is 17.4. The zero-order valence-corrected chi connectivity index (χ0v) is 13.6. The maximum Gasteiger partial charge on any atom is 0.334 e. The maximum atomic E-state index is 11.7. The van der Waals surface area contributed by atoms with Crippen LogP contribution in [0.25, 0.3) is 11.1 Å². The number of carbonyl (C=O) groups excluding carboxylic acids is 1. The van der Waals surface area contributed by atoms with E-state index in [1.54, 1.807) is 6.20 Å². The van der Waals surface area contributed by atoms with Crippen LogP contribution in [0, 0.1) is 6.92 Å². The molecular weight excluding hydrogens is 280 g/mol. The highest BCUT2D eigenvalue weighted by Gasteiger charge is 2.10. The number of rotatable bonds is 1. The fraction of sp³-hybridized carbons (Fsp3) is 0.312. The Hall–Kier alpha value is -2.63.